The molecule has 24 heavy (non-hydrogen) atoms. The SMILES string of the molecule is Cc1cccc(NC(=O)CC(=O)N(CCO)C2CCS(=O)(=O)C2)c1. The van der Waals surface area contributed by atoms with Gasteiger partial charge in [-0.05, 0) is 31.0 Å². The van der Waals surface area contributed by atoms with Crippen LogP contribution >= 0.6 is 0 Å². The number of hydrogen-bond acceptors (Lipinski definition) is 5. The molecule has 1 saturated heterocycles. The molecule has 0 bridgehead atoms. The van der Waals surface area contributed by atoms with E-state index in [0.717, 1.165) is 5.56 Å². The van der Waals surface area contributed by atoms with Gasteiger partial charge in [0.2, 0.25) is 11.8 Å². The van der Waals surface area contributed by atoms with E-state index in [1.165, 1.54) is 4.90 Å². The first-order chi connectivity index (χ1) is 11.3. The number of rotatable bonds is 6. The zero-order valence-electron chi connectivity index (χ0n) is 13.6. The lowest BCUT2D eigenvalue weighted by Gasteiger charge is -2.27. The topological polar surface area (TPSA) is 104 Å². The summed E-state index contributed by atoms with van der Waals surface area (Å²) in [6.45, 7) is 1.64. The van der Waals surface area contributed by atoms with Crippen molar-refractivity contribution in [1.82, 2.24) is 4.90 Å². The predicted molar refractivity (Wildman–Crippen MR) is 90.3 cm³/mol. The van der Waals surface area contributed by atoms with E-state index in [4.69, 9.17) is 5.11 Å². The molecular weight excluding hydrogens is 332 g/mol. The van der Waals surface area contributed by atoms with Crippen molar-refractivity contribution in [2.24, 2.45) is 0 Å². The average Bonchev–Trinajstić information content (AvgIpc) is 2.84. The van der Waals surface area contributed by atoms with Gasteiger partial charge in [0.1, 0.15) is 6.42 Å². The molecule has 1 aromatic carbocycles. The minimum atomic E-state index is -3.15. The summed E-state index contributed by atoms with van der Waals surface area (Å²) >= 11 is 0. The van der Waals surface area contributed by atoms with Gasteiger partial charge < -0.3 is 15.3 Å². The molecule has 8 heteroatoms. The third kappa shape index (κ3) is 5.04. The number of carbonyl (C=O) groups is 2. The van der Waals surface area contributed by atoms with Crippen molar-refractivity contribution < 1.29 is 23.1 Å². The summed E-state index contributed by atoms with van der Waals surface area (Å²) < 4.78 is 23.2. The molecule has 1 fully saturated rings. The molecule has 2 amide bonds. The van der Waals surface area contributed by atoms with Crippen molar-refractivity contribution in [2.45, 2.75) is 25.8 Å². The van der Waals surface area contributed by atoms with E-state index in [0.29, 0.717) is 12.1 Å². The van der Waals surface area contributed by atoms with Crippen molar-refractivity contribution in [3.8, 4) is 0 Å². The molecule has 2 N–H and O–H groups in total. The first-order valence-corrected chi connectivity index (χ1v) is 9.60. The Kier molecular flexibility index (Phi) is 5.95. The molecule has 1 aromatic rings. The van der Waals surface area contributed by atoms with Gasteiger partial charge in [-0.3, -0.25) is 9.59 Å². The summed E-state index contributed by atoms with van der Waals surface area (Å²) in [7, 11) is -3.15. The smallest absolute Gasteiger partial charge is 0.233 e. The van der Waals surface area contributed by atoms with Crippen molar-refractivity contribution in [1.29, 1.82) is 0 Å². The zero-order chi connectivity index (χ0) is 17.7. The Labute approximate surface area is 141 Å². The molecule has 0 radical (unpaired) electrons. The summed E-state index contributed by atoms with van der Waals surface area (Å²) in [4.78, 5) is 25.7. The van der Waals surface area contributed by atoms with Crippen LogP contribution in [-0.4, -0.2) is 60.9 Å². The molecule has 2 rings (SSSR count). The van der Waals surface area contributed by atoms with Gasteiger partial charge in [0.25, 0.3) is 0 Å². The van der Waals surface area contributed by atoms with Crippen molar-refractivity contribution >= 4 is 27.3 Å². The summed E-state index contributed by atoms with van der Waals surface area (Å²) in [6, 6.07) is 6.74. The van der Waals surface area contributed by atoms with Gasteiger partial charge in [0, 0.05) is 18.3 Å². The van der Waals surface area contributed by atoms with E-state index in [2.05, 4.69) is 5.32 Å². The fourth-order valence-corrected chi connectivity index (χ4v) is 4.54. The van der Waals surface area contributed by atoms with Gasteiger partial charge in [-0.25, -0.2) is 8.42 Å². The van der Waals surface area contributed by atoms with Gasteiger partial charge in [0.15, 0.2) is 9.84 Å². The number of hydrogen-bond donors (Lipinski definition) is 2. The lowest BCUT2D eigenvalue weighted by molar-refractivity contribution is -0.136. The molecule has 0 saturated carbocycles. The highest BCUT2D eigenvalue weighted by Gasteiger charge is 2.34. The number of carbonyl (C=O) groups excluding carboxylic acids is 2. The number of amides is 2. The molecule has 132 valence electrons. The lowest BCUT2D eigenvalue weighted by atomic mass is 10.2. The van der Waals surface area contributed by atoms with Gasteiger partial charge in [-0.15, -0.1) is 0 Å². The molecular formula is C16H22N2O5S. The van der Waals surface area contributed by atoms with Gasteiger partial charge >= 0.3 is 0 Å². The Morgan fingerprint density at radius 1 is 1.38 bits per heavy atom. The monoisotopic (exact) mass is 354 g/mol. The quantitative estimate of drug-likeness (QED) is 0.717. The molecule has 1 heterocycles. The highest BCUT2D eigenvalue weighted by molar-refractivity contribution is 7.91. The first-order valence-electron chi connectivity index (χ1n) is 7.78. The van der Waals surface area contributed by atoms with Crippen molar-refractivity contribution in [3.63, 3.8) is 0 Å². The molecule has 1 aliphatic rings. The Bertz CT molecular complexity index is 717. The Morgan fingerprint density at radius 2 is 2.12 bits per heavy atom. The molecule has 1 atom stereocenters. The van der Waals surface area contributed by atoms with Crippen LogP contribution in [0.25, 0.3) is 0 Å². The van der Waals surface area contributed by atoms with Gasteiger partial charge in [0.05, 0.1) is 18.1 Å². The number of nitrogens with one attached hydrogen (secondary N) is 1. The molecule has 0 spiro atoms. The zero-order valence-corrected chi connectivity index (χ0v) is 14.4. The second-order valence-corrected chi connectivity index (χ2v) is 8.19. The maximum absolute atomic E-state index is 12.4. The van der Waals surface area contributed by atoms with Crippen molar-refractivity contribution in [3.05, 3.63) is 29.8 Å². The first kappa shape index (κ1) is 18.4. The number of anilines is 1. The normalized spacial score (nSPS) is 19.0. The van der Waals surface area contributed by atoms with Crippen LogP contribution in [0.15, 0.2) is 24.3 Å². The fraction of sp³-hybridized carbons (Fsp3) is 0.500. The number of aryl methyl sites for hydroxylation is 1. The summed E-state index contributed by atoms with van der Waals surface area (Å²) in [6.07, 6.45) is -0.0436. The minimum absolute atomic E-state index is 0.0245. The third-order valence-corrected chi connectivity index (χ3v) is 5.67. The number of benzene rings is 1. The summed E-state index contributed by atoms with van der Waals surface area (Å²) in [5.74, 6) is -1.02. The van der Waals surface area contributed by atoms with E-state index >= 15 is 0 Å². The Hall–Kier alpha value is -1.93. The van der Waals surface area contributed by atoms with E-state index in [1.54, 1.807) is 18.2 Å². The lowest BCUT2D eigenvalue weighted by Crippen LogP contribution is -2.44. The maximum atomic E-state index is 12.4. The molecule has 7 nitrogen and oxygen atoms in total. The van der Waals surface area contributed by atoms with Crippen LogP contribution < -0.4 is 5.32 Å². The van der Waals surface area contributed by atoms with E-state index < -0.39 is 27.7 Å². The van der Waals surface area contributed by atoms with Crippen LogP contribution in [-0.2, 0) is 19.4 Å². The number of aliphatic hydroxyl groups is 1. The highest BCUT2D eigenvalue weighted by Crippen LogP contribution is 2.19. The van der Waals surface area contributed by atoms with Gasteiger partial charge in [-0.1, -0.05) is 12.1 Å². The highest BCUT2D eigenvalue weighted by atomic mass is 32.2. The van der Waals surface area contributed by atoms with E-state index in [1.807, 2.05) is 13.0 Å². The third-order valence-electron chi connectivity index (χ3n) is 3.92. The van der Waals surface area contributed by atoms with Crippen LogP contribution in [0.1, 0.15) is 18.4 Å². The molecule has 0 aliphatic carbocycles. The molecule has 1 unspecified atom stereocenters. The van der Waals surface area contributed by atoms with Crippen LogP contribution in [0.2, 0.25) is 0 Å². The fourth-order valence-electron chi connectivity index (χ4n) is 2.81. The average molecular weight is 354 g/mol. The second-order valence-electron chi connectivity index (χ2n) is 5.96. The van der Waals surface area contributed by atoms with Crippen LogP contribution in [0.3, 0.4) is 0 Å². The maximum Gasteiger partial charge on any atom is 0.233 e. The standard InChI is InChI=1S/C16H22N2O5S/c1-12-3-2-4-13(9-12)17-15(20)10-16(21)18(6-7-19)14-5-8-24(22,23)11-14/h2-4,9,14,19H,5-8,10-11H2,1H3,(H,17,20). The van der Waals surface area contributed by atoms with Crippen LogP contribution in [0.5, 0.6) is 0 Å². The van der Waals surface area contributed by atoms with Crippen molar-refractivity contribution in [2.75, 3.05) is 30.0 Å². The summed E-state index contributed by atoms with van der Waals surface area (Å²) in [5.41, 5.74) is 1.59. The second kappa shape index (κ2) is 7.76. The number of nitrogens with zero attached hydrogens (tertiary/aromatic N) is 1. The Morgan fingerprint density at radius 3 is 2.71 bits per heavy atom. The number of aliphatic hydroxyl groups excluding tert-OH is 1. The van der Waals surface area contributed by atoms with Crippen LogP contribution in [0, 0.1) is 6.92 Å². The van der Waals surface area contributed by atoms with E-state index in [-0.39, 0.29) is 31.1 Å². The largest absolute Gasteiger partial charge is 0.395 e. The number of sulfone groups is 1. The Balaban J connectivity index is 1.98. The summed E-state index contributed by atoms with van der Waals surface area (Å²) in [5, 5.41) is 11.8. The van der Waals surface area contributed by atoms with Crippen LogP contribution in [0.4, 0.5) is 5.69 Å². The van der Waals surface area contributed by atoms with Gasteiger partial charge in [-0.2, -0.15) is 0 Å². The van der Waals surface area contributed by atoms with E-state index in [9.17, 15) is 18.0 Å². The molecule has 1 aliphatic heterocycles. The molecule has 0 aromatic heterocycles. The predicted octanol–water partition coefficient (Wildman–Crippen LogP) is 0.332. The minimum Gasteiger partial charge on any atom is -0.395 e.